The molecule has 0 radical (unpaired) electrons. The number of hydrogen-bond acceptors (Lipinski definition) is 2. The van der Waals surface area contributed by atoms with Crippen LogP contribution in [0.15, 0.2) is 48.8 Å². The molecule has 0 amide bonds. The second-order valence-corrected chi connectivity index (χ2v) is 6.01. The molecule has 4 nitrogen and oxygen atoms in total. The van der Waals surface area contributed by atoms with Gasteiger partial charge in [-0.05, 0) is 54.2 Å². The quantitative estimate of drug-likeness (QED) is 0.567. The minimum atomic E-state index is 0.789. The van der Waals surface area contributed by atoms with E-state index in [1.807, 2.05) is 22.9 Å². The zero-order valence-electron chi connectivity index (χ0n) is 12.2. The van der Waals surface area contributed by atoms with E-state index in [-0.39, 0.29) is 0 Å². The Morgan fingerprint density at radius 3 is 3.00 bits per heavy atom. The van der Waals surface area contributed by atoms with Crippen LogP contribution in [0.4, 0.5) is 0 Å². The van der Waals surface area contributed by atoms with E-state index in [1.54, 1.807) is 0 Å². The summed E-state index contributed by atoms with van der Waals surface area (Å²) in [5.41, 5.74) is 7.79. The molecule has 0 atom stereocenters. The molecule has 22 heavy (non-hydrogen) atoms. The van der Waals surface area contributed by atoms with E-state index in [2.05, 4.69) is 45.3 Å². The molecule has 4 heteroatoms. The van der Waals surface area contributed by atoms with Gasteiger partial charge in [0, 0.05) is 12.4 Å². The third-order valence-electron chi connectivity index (χ3n) is 4.69. The van der Waals surface area contributed by atoms with Crippen LogP contribution in [0.5, 0.6) is 0 Å². The second-order valence-electron chi connectivity index (χ2n) is 6.01. The summed E-state index contributed by atoms with van der Waals surface area (Å²) < 4.78 is 4.28. The minimum absolute atomic E-state index is 0.789. The maximum absolute atomic E-state index is 4.33. The predicted octanol–water partition coefficient (Wildman–Crippen LogP) is 3.22. The fourth-order valence-electron chi connectivity index (χ4n) is 3.69. The normalized spacial score (nSPS) is 14.0. The number of aromatic nitrogens is 4. The fourth-order valence-corrected chi connectivity index (χ4v) is 3.69. The largest absolute Gasteiger partial charge is 0.323 e. The highest BCUT2D eigenvalue weighted by Gasteiger charge is 2.18. The lowest BCUT2D eigenvalue weighted by Gasteiger charge is -2.14. The SMILES string of the molecule is c1ccc2c(c1)nnn2Cc1cn2cccc3c2c1CCC3. The number of para-hydroxylation sites is 1. The second kappa shape index (κ2) is 4.44. The van der Waals surface area contributed by atoms with Crippen molar-refractivity contribution in [1.29, 1.82) is 0 Å². The molecule has 1 aliphatic rings. The number of aryl methyl sites for hydroxylation is 2. The summed E-state index contributed by atoms with van der Waals surface area (Å²) in [6.45, 7) is 0.789. The highest BCUT2D eigenvalue weighted by Crippen LogP contribution is 2.30. The zero-order valence-corrected chi connectivity index (χ0v) is 12.2. The Balaban J connectivity index is 1.67. The van der Waals surface area contributed by atoms with Gasteiger partial charge in [-0.1, -0.05) is 23.4 Å². The molecule has 0 saturated carbocycles. The lowest BCUT2D eigenvalue weighted by molar-refractivity contribution is 0.663. The number of fused-ring (bicyclic) bond motifs is 1. The van der Waals surface area contributed by atoms with Crippen molar-refractivity contribution in [2.45, 2.75) is 25.8 Å². The van der Waals surface area contributed by atoms with Crippen molar-refractivity contribution in [3.8, 4) is 0 Å². The van der Waals surface area contributed by atoms with E-state index in [4.69, 9.17) is 0 Å². The molecule has 1 aromatic carbocycles. The van der Waals surface area contributed by atoms with Gasteiger partial charge in [-0.15, -0.1) is 5.10 Å². The molecule has 0 spiro atoms. The summed E-state index contributed by atoms with van der Waals surface area (Å²) in [5, 5.41) is 8.60. The minimum Gasteiger partial charge on any atom is -0.323 e. The van der Waals surface area contributed by atoms with Crippen molar-refractivity contribution >= 4 is 16.6 Å². The molecule has 0 saturated heterocycles. The van der Waals surface area contributed by atoms with Gasteiger partial charge < -0.3 is 4.40 Å². The highest BCUT2D eigenvalue weighted by molar-refractivity contribution is 5.74. The van der Waals surface area contributed by atoms with Gasteiger partial charge in [0.15, 0.2) is 0 Å². The van der Waals surface area contributed by atoms with Crippen LogP contribution < -0.4 is 0 Å². The Labute approximate surface area is 128 Å². The van der Waals surface area contributed by atoms with Crippen LogP contribution in [0.3, 0.4) is 0 Å². The smallest absolute Gasteiger partial charge is 0.113 e. The van der Waals surface area contributed by atoms with Crippen molar-refractivity contribution in [3.05, 3.63) is 65.5 Å². The van der Waals surface area contributed by atoms with Crippen LogP contribution in [-0.4, -0.2) is 19.4 Å². The summed E-state index contributed by atoms with van der Waals surface area (Å²) in [6, 6.07) is 12.5. The number of hydrogen-bond donors (Lipinski definition) is 0. The first-order valence-electron chi connectivity index (χ1n) is 7.79. The van der Waals surface area contributed by atoms with E-state index in [0.29, 0.717) is 0 Å². The molecule has 1 aliphatic carbocycles. The van der Waals surface area contributed by atoms with E-state index in [1.165, 1.54) is 35.0 Å². The van der Waals surface area contributed by atoms with Crippen molar-refractivity contribution in [1.82, 2.24) is 19.4 Å². The van der Waals surface area contributed by atoms with Gasteiger partial charge in [0.2, 0.25) is 0 Å². The molecule has 5 rings (SSSR count). The molecule has 108 valence electrons. The first kappa shape index (κ1) is 12.0. The molecule has 3 heterocycles. The van der Waals surface area contributed by atoms with Crippen molar-refractivity contribution in [2.24, 2.45) is 0 Å². The van der Waals surface area contributed by atoms with Crippen LogP contribution in [0, 0.1) is 0 Å². The molecule has 0 aliphatic heterocycles. The van der Waals surface area contributed by atoms with Crippen LogP contribution in [0.25, 0.3) is 16.6 Å². The van der Waals surface area contributed by atoms with Gasteiger partial charge in [0.25, 0.3) is 0 Å². The lowest BCUT2D eigenvalue weighted by atomic mass is 9.94. The third kappa shape index (κ3) is 1.64. The standard InChI is InChI=1S/C18H16N4/c1-2-9-17-16(8-1)19-20-22(17)12-14-11-21-10-4-6-13-5-3-7-15(14)18(13)21/h1-2,4,6,8-11H,3,5,7,12H2. The molecule has 0 N–H and O–H groups in total. The molecular formula is C18H16N4. The van der Waals surface area contributed by atoms with Gasteiger partial charge in [-0.3, -0.25) is 0 Å². The Bertz CT molecular complexity index is 993. The van der Waals surface area contributed by atoms with E-state index >= 15 is 0 Å². The molecule has 3 aromatic heterocycles. The van der Waals surface area contributed by atoms with Gasteiger partial charge in [0.05, 0.1) is 17.6 Å². The maximum Gasteiger partial charge on any atom is 0.113 e. The average Bonchev–Trinajstić information content (AvgIpc) is 3.13. The van der Waals surface area contributed by atoms with Crippen molar-refractivity contribution in [3.63, 3.8) is 0 Å². The number of rotatable bonds is 2. The molecule has 0 bridgehead atoms. The summed E-state index contributed by atoms with van der Waals surface area (Å²) >= 11 is 0. The van der Waals surface area contributed by atoms with Gasteiger partial charge in [-0.25, -0.2) is 4.68 Å². The zero-order chi connectivity index (χ0) is 14.5. The third-order valence-corrected chi connectivity index (χ3v) is 4.69. The van der Waals surface area contributed by atoms with Crippen LogP contribution in [-0.2, 0) is 19.4 Å². The summed E-state index contributed by atoms with van der Waals surface area (Å²) in [6.07, 6.45) is 8.00. The van der Waals surface area contributed by atoms with Gasteiger partial charge >= 0.3 is 0 Å². The van der Waals surface area contributed by atoms with Crippen LogP contribution in [0.1, 0.15) is 23.1 Å². The molecule has 4 aromatic rings. The van der Waals surface area contributed by atoms with Crippen LogP contribution >= 0.6 is 0 Å². The number of nitrogens with zero attached hydrogens (tertiary/aromatic N) is 4. The predicted molar refractivity (Wildman–Crippen MR) is 86.1 cm³/mol. The monoisotopic (exact) mass is 288 g/mol. The summed E-state index contributed by atoms with van der Waals surface area (Å²) in [4.78, 5) is 0. The van der Waals surface area contributed by atoms with Gasteiger partial charge in [-0.2, -0.15) is 0 Å². The Hall–Kier alpha value is -2.62. The molecular weight excluding hydrogens is 272 g/mol. The van der Waals surface area contributed by atoms with Crippen molar-refractivity contribution < 1.29 is 0 Å². The van der Waals surface area contributed by atoms with E-state index < -0.39 is 0 Å². The maximum atomic E-state index is 4.33. The first-order valence-corrected chi connectivity index (χ1v) is 7.79. The Morgan fingerprint density at radius 2 is 2.00 bits per heavy atom. The van der Waals surface area contributed by atoms with Crippen LogP contribution in [0.2, 0.25) is 0 Å². The summed E-state index contributed by atoms with van der Waals surface area (Å²) in [7, 11) is 0. The Morgan fingerprint density at radius 1 is 1.05 bits per heavy atom. The number of benzene rings is 1. The fraction of sp³-hybridized carbons (Fsp3) is 0.222. The Kier molecular flexibility index (Phi) is 2.41. The molecule has 0 fully saturated rings. The van der Waals surface area contributed by atoms with Crippen molar-refractivity contribution in [2.75, 3.05) is 0 Å². The number of pyridine rings is 1. The van der Waals surface area contributed by atoms with Gasteiger partial charge in [0.1, 0.15) is 5.52 Å². The lowest BCUT2D eigenvalue weighted by Crippen LogP contribution is -2.06. The average molecular weight is 288 g/mol. The summed E-state index contributed by atoms with van der Waals surface area (Å²) in [5.74, 6) is 0. The topological polar surface area (TPSA) is 35.1 Å². The first-order chi connectivity index (χ1) is 10.9. The molecule has 0 unspecified atom stereocenters. The highest BCUT2D eigenvalue weighted by atomic mass is 15.4. The van der Waals surface area contributed by atoms with E-state index in [0.717, 1.165) is 24.0 Å². The van der Waals surface area contributed by atoms with E-state index in [9.17, 15) is 0 Å².